The lowest BCUT2D eigenvalue weighted by Crippen LogP contribution is -2.52. The van der Waals surface area contributed by atoms with Crippen molar-refractivity contribution in [2.75, 3.05) is 32.7 Å². The predicted molar refractivity (Wildman–Crippen MR) is 101 cm³/mol. The highest BCUT2D eigenvalue weighted by atomic mass is 19.1. The van der Waals surface area contributed by atoms with Crippen molar-refractivity contribution in [2.45, 2.75) is 6.04 Å². The maximum Gasteiger partial charge on any atom is 0.317 e. The van der Waals surface area contributed by atoms with E-state index in [1.165, 1.54) is 24.3 Å². The van der Waals surface area contributed by atoms with Gasteiger partial charge in [0.2, 0.25) is 0 Å². The average Bonchev–Trinajstić information content (AvgIpc) is 2.70. The zero-order valence-corrected chi connectivity index (χ0v) is 15.1. The SMILES string of the molecule is C=CCNC(=O)N1CCN(C(c2ccc(F)cc2)c2ccc(F)cc2)CC1. The van der Waals surface area contributed by atoms with Crippen molar-refractivity contribution < 1.29 is 13.6 Å². The molecule has 0 bridgehead atoms. The van der Waals surface area contributed by atoms with Crippen LogP contribution in [0.2, 0.25) is 0 Å². The number of carbonyl (C=O) groups is 1. The molecule has 0 atom stereocenters. The van der Waals surface area contributed by atoms with E-state index >= 15 is 0 Å². The molecule has 6 heteroatoms. The van der Waals surface area contributed by atoms with Gasteiger partial charge in [-0.3, -0.25) is 4.90 Å². The van der Waals surface area contributed by atoms with E-state index in [0.717, 1.165) is 11.1 Å². The molecule has 142 valence electrons. The van der Waals surface area contributed by atoms with Crippen molar-refractivity contribution in [1.82, 2.24) is 15.1 Å². The molecule has 0 aromatic heterocycles. The highest BCUT2D eigenvalue weighted by Gasteiger charge is 2.28. The Morgan fingerprint density at radius 3 is 1.89 bits per heavy atom. The van der Waals surface area contributed by atoms with Gasteiger partial charge in [-0.25, -0.2) is 13.6 Å². The van der Waals surface area contributed by atoms with E-state index in [1.807, 2.05) is 0 Å². The fraction of sp³-hybridized carbons (Fsp3) is 0.286. The lowest BCUT2D eigenvalue weighted by Gasteiger charge is -2.39. The topological polar surface area (TPSA) is 35.6 Å². The monoisotopic (exact) mass is 371 g/mol. The third-order valence-electron chi connectivity index (χ3n) is 4.74. The van der Waals surface area contributed by atoms with Crippen LogP contribution >= 0.6 is 0 Å². The second-order valence-electron chi connectivity index (χ2n) is 6.50. The van der Waals surface area contributed by atoms with Crippen LogP contribution in [0, 0.1) is 11.6 Å². The Morgan fingerprint density at radius 1 is 0.963 bits per heavy atom. The average molecular weight is 371 g/mol. The summed E-state index contributed by atoms with van der Waals surface area (Å²) in [7, 11) is 0. The van der Waals surface area contributed by atoms with Crippen molar-refractivity contribution >= 4 is 6.03 Å². The number of hydrogen-bond donors (Lipinski definition) is 1. The first-order valence-corrected chi connectivity index (χ1v) is 8.97. The van der Waals surface area contributed by atoms with E-state index in [-0.39, 0.29) is 23.7 Å². The first kappa shape index (κ1) is 19.0. The van der Waals surface area contributed by atoms with Gasteiger partial charge in [0.15, 0.2) is 0 Å². The molecule has 0 unspecified atom stereocenters. The molecule has 1 fully saturated rings. The third-order valence-corrected chi connectivity index (χ3v) is 4.74. The molecule has 1 N–H and O–H groups in total. The van der Waals surface area contributed by atoms with E-state index in [1.54, 1.807) is 35.2 Å². The minimum absolute atomic E-state index is 0.102. The van der Waals surface area contributed by atoms with Crippen LogP contribution in [-0.4, -0.2) is 48.6 Å². The number of piperazine rings is 1. The molecule has 1 aliphatic heterocycles. The Bertz CT molecular complexity index is 724. The summed E-state index contributed by atoms with van der Waals surface area (Å²) in [6.07, 6.45) is 1.65. The number of benzene rings is 2. The number of rotatable bonds is 5. The van der Waals surface area contributed by atoms with Gasteiger partial charge in [-0.1, -0.05) is 30.3 Å². The zero-order chi connectivity index (χ0) is 19.2. The number of urea groups is 1. The molecule has 1 heterocycles. The van der Waals surface area contributed by atoms with E-state index in [4.69, 9.17) is 0 Å². The largest absolute Gasteiger partial charge is 0.335 e. The zero-order valence-electron chi connectivity index (χ0n) is 15.1. The molecule has 2 aromatic rings. The summed E-state index contributed by atoms with van der Waals surface area (Å²) in [6.45, 7) is 6.54. The van der Waals surface area contributed by atoms with Gasteiger partial charge in [0, 0.05) is 32.7 Å². The van der Waals surface area contributed by atoms with Crippen molar-refractivity contribution in [2.24, 2.45) is 0 Å². The predicted octanol–water partition coefficient (Wildman–Crippen LogP) is 3.57. The molecule has 0 spiro atoms. The van der Waals surface area contributed by atoms with Crippen molar-refractivity contribution in [3.63, 3.8) is 0 Å². The Hall–Kier alpha value is -2.73. The third kappa shape index (κ3) is 4.71. The van der Waals surface area contributed by atoms with Crippen LogP contribution in [0.5, 0.6) is 0 Å². The molecule has 1 saturated heterocycles. The normalized spacial score (nSPS) is 15.0. The number of hydrogen-bond acceptors (Lipinski definition) is 2. The summed E-state index contributed by atoms with van der Waals surface area (Å²) in [4.78, 5) is 16.1. The van der Waals surface area contributed by atoms with Crippen LogP contribution in [-0.2, 0) is 0 Å². The molecule has 4 nitrogen and oxygen atoms in total. The number of halogens is 2. The minimum Gasteiger partial charge on any atom is -0.335 e. The Balaban J connectivity index is 1.78. The van der Waals surface area contributed by atoms with Gasteiger partial charge in [0.25, 0.3) is 0 Å². The second kappa shape index (κ2) is 8.77. The molecule has 3 rings (SSSR count). The molecular weight excluding hydrogens is 348 g/mol. The van der Waals surface area contributed by atoms with Crippen LogP contribution in [0.4, 0.5) is 13.6 Å². The molecule has 2 amide bonds. The van der Waals surface area contributed by atoms with E-state index < -0.39 is 0 Å². The maximum absolute atomic E-state index is 13.4. The molecular formula is C21H23F2N3O. The first-order chi connectivity index (χ1) is 13.1. The molecule has 2 aromatic carbocycles. The molecule has 27 heavy (non-hydrogen) atoms. The van der Waals surface area contributed by atoms with Gasteiger partial charge in [0.05, 0.1) is 6.04 Å². The minimum atomic E-state index is -0.291. The summed E-state index contributed by atoms with van der Waals surface area (Å²) in [5.41, 5.74) is 1.88. The van der Waals surface area contributed by atoms with Gasteiger partial charge >= 0.3 is 6.03 Å². The van der Waals surface area contributed by atoms with Gasteiger partial charge in [0.1, 0.15) is 11.6 Å². The van der Waals surface area contributed by atoms with Crippen molar-refractivity contribution in [3.8, 4) is 0 Å². The van der Waals surface area contributed by atoms with Gasteiger partial charge in [-0.15, -0.1) is 6.58 Å². The maximum atomic E-state index is 13.4. The summed E-state index contributed by atoms with van der Waals surface area (Å²) < 4.78 is 26.7. The van der Waals surface area contributed by atoms with Gasteiger partial charge in [-0.05, 0) is 35.4 Å². The Morgan fingerprint density at radius 2 is 1.44 bits per heavy atom. The van der Waals surface area contributed by atoms with E-state index in [2.05, 4.69) is 16.8 Å². The standard InChI is InChI=1S/C21H23F2N3O/c1-2-11-24-21(27)26-14-12-25(13-15-26)20(16-3-7-18(22)8-4-16)17-5-9-19(23)10-6-17/h2-10,20H,1,11-15H2,(H,24,27). The van der Waals surface area contributed by atoms with Crippen LogP contribution in [0.25, 0.3) is 0 Å². The first-order valence-electron chi connectivity index (χ1n) is 8.97. The highest BCUT2D eigenvalue weighted by molar-refractivity contribution is 5.74. The van der Waals surface area contributed by atoms with E-state index in [0.29, 0.717) is 32.7 Å². The van der Waals surface area contributed by atoms with Crippen LogP contribution < -0.4 is 5.32 Å². The summed E-state index contributed by atoms with van der Waals surface area (Å²) in [5, 5.41) is 2.79. The number of amides is 2. The quantitative estimate of drug-likeness (QED) is 0.816. The summed E-state index contributed by atoms with van der Waals surface area (Å²) in [5.74, 6) is -0.583. The molecule has 0 saturated carbocycles. The van der Waals surface area contributed by atoms with Crippen LogP contribution in [0.15, 0.2) is 61.2 Å². The van der Waals surface area contributed by atoms with Crippen molar-refractivity contribution in [3.05, 3.63) is 83.9 Å². The van der Waals surface area contributed by atoms with Crippen molar-refractivity contribution in [1.29, 1.82) is 0 Å². The van der Waals surface area contributed by atoms with Crippen LogP contribution in [0.3, 0.4) is 0 Å². The lowest BCUT2D eigenvalue weighted by atomic mass is 9.96. The smallest absolute Gasteiger partial charge is 0.317 e. The van der Waals surface area contributed by atoms with Gasteiger partial charge < -0.3 is 10.2 Å². The number of nitrogens with one attached hydrogen (secondary N) is 1. The Labute approximate surface area is 158 Å². The molecule has 0 radical (unpaired) electrons. The fourth-order valence-electron chi connectivity index (χ4n) is 3.36. The summed E-state index contributed by atoms with van der Waals surface area (Å²) >= 11 is 0. The van der Waals surface area contributed by atoms with Crippen LogP contribution in [0.1, 0.15) is 17.2 Å². The lowest BCUT2D eigenvalue weighted by molar-refractivity contribution is 0.121. The van der Waals surface area contributed by atoms with Gasteiger partial charge in [-0.2, -0.15) is 0 Å². The second-order valence-corrected chi connectivity index (χ2v) is 6.50. The number of carbonyl (C=O) groups excluding carboxylic acids is 1. The highest BCUT2D eigenvalue weighted by Crippen LogP contribution is 2.30. The fourth-order valence-corrected chi connectivity index (χ4v) is 3.36. The Kier molecular flexibility index (Phi) is 6.19. The number of nitrogens with zero attached hydrogens (tertiary/aromatic N) is 2. The van der Waals surface area contributed by atoms with E-state index in [9.17, 15) is 13.6 Å². The molecule has 0 aliphatic carbocycles. The molecule has 1 aliphatic rings. The summed E-state index contributed by atoms with van der Waals surface area (Å²) in [6, 6.07) is 12.5.